The molecule has 0 aliphatic rings. The first-order valence-corrected chi connectivity index (χ1v) is 7.08. The summed E-state index contributed by atoms with van der Waals surface area (Å²) in [5.74, 6) is 0.545. The highest BCUT2D eigenvalue weighted by Crippen LogP contribution is 2.28. The number of nitrogen functional groups attached to an aromatic ring is 1. The van der Waals surface area contributed by atoms with Crippen LogP contribution in [-0.4, -0.2) is 16.2 Å². The molecule has 1 aromatic carbocycles. The van der Waals surface area contributed by atoms with Gasteiger partial charge in [0.25, 0.3) is 0 Å². The van der Waals surface area contributed by atoms with Crippen LogP contribution < -0.4 is 5.73 Å². The summed E-state index contributed by atoms with van der Waals surface area (Å²) in [6.07, 6.45) is 1.65. The molecule has 1 rings (SSSR count). The summed E-state index contributed by atoms with van der Waals surface area (Å²) in [6.45, 7) is 1.86. The number of hydrogen-bond acceptors (Lipinski definition) is 3. The molecule has 1 unspecified atom stereocenters. The molecule has 0 heterocycles. The molecule has 0 bridgehead atoms. The standard InChI is InChI=1S/C9H13BrN2OS/c1-3-14(2,13)12-9-5-4-7(11)6-8(9)10/h4-6H,3,11H2,1-2H3. The van der Waals surface area contributed by atoms with Crippen molar-refractivity contribution in [3.63, 3.8) is 0 Å². The van der Waals surface area contributed by atoms with Crippen molar-refractivity contribution in [3.05, 3.63) is 22.7 Å². The van der Waals surface area contributed by atoms with Crippen LogP contribution in [0.5, 0.6) is 0 Å². The van der Waals surface area contributed by atoms with Crippen molar-refractivity contribution in [3.8, 4) is 0 Å². The highest BCUT2D eigenvalue weighted by molar-refractivity contribution is 9.10. The first-order valence-electron chi connectivity index (χ1n) is 4.19. The van der Waals surface area contributed by atoms with Gasteiger partial charge in [-0.3, -0.25) is 0 Å². The number of nitrogens with two attached hydrogens (primary N) is 1. The zero-order chi connectivity index (χ0) is 10.8. The van der Waals surface area contributed by atoms with E-state index in [1.165, 1.54) is 0 Å². The van der Waals surface area contributed by atoms with E-state index in [-0.39, 0.29) is 0 Å². The maximum Gasteiger partial charge on any atom is 0.0873 e. The Kier molecular flexibility index (Phi) is 3.55. The van der Waals surface area contributed by atoms with E-state index in [9.17, 15) is 4.21 Å². The van der Waals surface area contributed by atoms with Crippen molar-refractivity contribution >= 4 is 37.0 Å². The maximum atomic E-state index is 11.7. The van der Waals surface area contributed by atoms with Crippen molar-refractivity contribution in [2.24, 2.45) is 4.36 Å². The highest BCUT2D eigenvalue weighted by Gasteiger charge is 2.02. The maximum absolute atomic E-state index is 11.7. The van der Waals surface area contributed by atoms with Gasteiger partial charge >= 0.3 is 0 Å². The third-order valence-corrected chi connectivity index (χ3v) is 4.09. The molecule has 0 saturated heterocycles. The monoisotopic (exact) mass is 276 g/mol. The molecule has 0 spiro atoms. The molecule has 0 aliphatic heterocycles. The van der Waals surface area contributed by atoms with Gasteiger partial charge in [0.1, 0.15) is 0 Å². The second-order valence-corrected chi connectivity index (χ2v) is 6.58. The lowest BCUT2D eigenvalue weighted by Gasteiger charge is -2.03. The number of halogens is 1. The fourth-order valence-electron chi connectivity index (χ4n) is 0.870. The van der Waals surface area contributed by atoms with Gasteiger partial charge in [-0.1, -0.05) is 6.92 Å². The second-order valence-electron chi connectivity index (χ2n) is 3.05. The Morgan fingerprint density at radius 1 is 1.57 bits per heavy atom. The normalized spacial score (nSPS) is 14.8. The lowest BCUT2D eigenvalue weighted by Crippen LogP contribution is -1.97. The molecule has 0 saturated carbocycles. The van der Waals surface area contributed by atoms with Crippen LogP contribution in [0, 0.1) is 0 Å². The summed E-state index contributed by atoms with van der Waals surface area (Å²) >= 11 is 3.33. The molecule has 1 atom stereocenters. The van der Waals surface area contributed by atoms with Crippen LogP contribution in [0.2, 0.25) is 0 Å². The summed E-state index contributed by atoms with van der Waals surface area (Å²) in [5.41, 5.74) is 6.93. The largest absolute Gasteiger partial charge is 0.399 e. The molecule has 0 aromatic heterocycles. The molecule has 14 heavy (non-hydrogen) atoms. The third-order valence-electron chi connectivity index (χ3n) is 1.80. The number of nitrogens with zero attached hydrogens (tertiary/aromatic N) is 1. The molecular weight excluding hydrogens is 264 g/mol. The van der Waals surface area contributed by atoms with E-state index in [0.717, 1.165) is 4.47 Å². The summed E-state index contributed by atoms with van der Waals surface area (Å²) in [7, 11) is -2.10. The quantitative estimate of drug-likeness (QED) is 0.845. The van der Waals surface area contributed by atoms with Crippen LogP contribution in [0.25, 0.3) is 0 Å². The third kappa shape index (κ3) is 2.99. The number of rotatable bonds is 2. The summed E-state index contributed by atoms with van der Waals surface area (Å²) in [4.78, 5) is 0. The fraction of sp³-hybridized carbons (Fsp3) is 0.333. The Bertz CT molecular complexity index is 450. The van der Waals surface area contributed by atoms with Crippen molar-refractivity contribution in [1.82, 2.24) is 0 Å². The van der Waals surface area contributed by atoms with E-state index in [2.05, 4.69) is 20.3 Å². The topological polar surface area (TPSA) is 55.5 Å². The van der Waals surface area contributed by atoms with Crippen LogP contribution in [0.15, 0.2) is 27.0 Å². The van der Waals surface area contributed by atoms with E-state index < -0.39 is 9.73 Å². The average Bonchev–Trinajstić information content (AvgIpc) is 2.10. The molecule has 0 fully saturated rings. The van der Waals surface area contributed by atoms with E-state index in [1.54, 1.807) is 24.5 Å². The van der Waals surface area contributed by atoms with Gasteiger partial charge in [0.2, 0.25) is 0 Å². The van der Waals surface area contributed by atoms with Crippen LogP contribution in [-0.2, 0) is 9.73 Å². The number of benzene rings is 1. The molecule has 2 N–H and O–H groups in total. The van der Waals surface area contributed by atoms with Crippen molar-refractivity contribution in [1.29, 1.82) is 0 Å². The molecule has 78 valence electrons. The number of anilines is 1. The van der Waals surface area contributed by atoms with Gasteiger partial charge in [-0.15, -0.1) is 0 Å². The summed E-state index contributed by atoms with van der Waals surface area (Å²) in [6, 6.07) is 5.26. The smallest absolute Gasteiger partial charge is 0.0873 e. The molecule has 1 aromatic rings. The molecule has 0 amide bonds. The zero-order valence-electron chi connectivity index (χ0n) is 8.16. The minimum absolute atomic E-state index is 0.545. The van der Waals surface area contributed by atoms with Gasteiger partial charge < -0.3 is 5.73 Å². The Morgan fingerprint density at radius 2 is 2.21 bits per heavy atom. The minimum Gasteiger partial charge on any atom is -0.399 e. The van der Waals surface area contributed by atoms with Gasteiger partial charge in [-0.05, 0) is 34.1 Å². The molecule has 3 nitrogen and oxygen atoms in total. The lowest BCUT2D eigenvalue weighted by atomic mass is 10.3. The first-order chi connectivity index (χ1) is 6.44. The lowest BCUT2D eigenvalue weighted by molar-refractivity contribution is 0.681. The van der Waals surface area contributed by atoms with Gasteiger partial charge in [0.15, 0.2) is 0 Å². The Balaban J connectivity index is 3.23. The van der Waals surface area contributed by atoms with Gasteiger partial charge in [-0.25, -0.2) is 4.21 Å². The number of hydrogen-bond donors (Lipinski definition) is 1. The Labute approximate surface area is 93.0 Å². The molecular formula is C9H13BrN2OS. The Morgan fingerprint density at radius 3 is 2.71 bits per heavy atom. The predicted octanol–water partition coefficient (Wildman–Crippen LogP) is 2.78. The van der Waals surface area contributed by atoms with Crippen LogP contribution in [0.3, 0.4) is 0 Å². The van der Waals surface area contributed by atoms with E-state index in [0.29, 0.717) is 17.1 Å². The van der Waals surface area contributed by atoms with Crippen molar-refractivity contribution in [2.75, 3.05) is 17.7 Å². The van der Waals surface area contributed by atoms with Gasteiger partial charge in [0, 0.05) is 31.9 Å². The molecule has 0 radical (unpaired) electrons. The van der Waals surface area contributed by atoms with Gasteiger partial charge in [-0.2, -0.15) is 4.36 Å². The molecule has 5 heteroatoms. The van der Waals surface area contributed by atoms with Crippen LogP contribution in [0.4, 0.5) is 11.4 Å². The first kappa shape index (κ1) is 11.5. The van der Waals surface area contributed by atoms with E-state index >= 15 is 0 Å². The molecule has 0 aliphatic carbocycles. The summed E-state index contributed by atoms with van der Waals surface area (Å²) in [5, 5.41) is 0. The predicted molar refractivity (Wildman–Crippen MR) is 65.2 cm³/mol. The van der Waals surface area contributed by atoms with Gasteiger partial charge in [0.05, 0.1) is 5.69 Å². The van der Waals surface area contributed by atoms with Crippen LogP contribution in [0.1, 0.15) is 6.92 Å². The van der Waals surface area contributed by atoms with Crippen LogP contribution >= 0.6 is 15.9 Å². The average molecular weight is 277 g/mol. The Hall–Kier alpha value is -0.550. The zero-order valence-corrected chi connectivity index (χ0v) is 10.6. The summed E-state index contributed by atoms with van der Waals surface area (Å²) < 4.78 is 16.7. The highest BCUT2D eigenvalue weighted by atomic mass is 79.9. The fourth-order valence-corrected chi connectivity index (χ4v) is 2.18. The minimum atomic E-state index is -2.10. The van der Waals surface area contributed by atoms with E-state index in [4.69, 9.17) is 5.73 Å². The SMILES string of the molecule is CCS(C)(=O)=Nc1ccc(N)cc1Br. The van der Waals surface area contributed by atoms with Crippen molar-refractivity contribution in [2.45, 2.75) is 6.92 Å². The van der Waals surface area contributed by atoms with Crippen molar-refractivity contribution < 1.29 is 4.21 Å². The van der Waals surface area contributed by atoms with E-state index in [1.807, 2.05) is 6.92 Å². The second kappa shape index (κ2) is 4.31.